The van der Waals surface area contributed by atoms with Crippen LogP contribution < -0.4 is 14.2 Å². The van der Waals surface area contributed by atoms with E-state index >= 15 is 0 Å². The SMILES string of the molecule is COc1ccc([C@H](C)[C@H](C)OC(=O)[C@H](C)CC(=O)c2nccc(OC)c2OC(=O)C(C)C)c(C)c1. The van der Waals surface area contributed by atoms with E-state index in [-0.39, 0.29) is 29.5 Å². The van der Waals surface area contributed by atoms with Gasteiger partial charge in [0.2, 0.25) is 5.75 Å². The van der Waals surface area contributed by atoms with Gasteiger partial charge in [0.05, 0.1) is 26.1 Å². The molecule has 35 heavy (non-hydrogen) atoms. The fourth-order valence-electron chi connectivity index (χ4n) is 3.51. The minimum Gasteiger partial charge on any atom is -0.497 e. The molecule has 0 aliphatic rings. The van der Waals surface area contributed by atoms with Crippen molar-refractivity contribution in [2.45, 2.75) is 60.0 Å². The summed E-state index contributed by atoms with van der Waals surface area (Å²) >= 11 is 0. The molecule has 0 fully saturated rings. The average molecular weight is 486 g/mol. The van der Waals surface area contributed by atoms with Crippen LogP contribution >= 0.6 is 0 Å². The number of carbonyl (C=O) groups excluding carboxylic acids is 3. The van der Waals surface area contributed by atoms with E-state index in [9.17, 15) is 14.4 Å². The lowest BCUT2D eigenvalue weighted by Gasteiger charge is -2.24. The van der Waals surface area contributed by atoms with Crippen LogP contribution in [-0.4, -0.2) is 43.0 Å². The topological polar surface area (TPSA) is 101 Å². The maximum Gasteiger partial charge on any atom is 0.313 e. The zero-order chi connectivity index (χ0) is 26.3. The summed E-state index contributed by atoms with van der Waals surface area (Å²) in [4.78, 5) is 42.1. The molecule has 0 spiro atoms. The highest BCUT2D eigenvalue weighted by atomic mass is 16.6. The van der Waals surface area contributed by atoms with Crippen LogP contribution in [0.15, 0.2) is 30.5 Å². The van der Waals surface area contributed by atoms with Crippen LogP contribution in [0.25, 0.3) is 0 Å². The number of carbonyl (C=O) groups is 3. The highest BCUT2D eigenvalue weighted by molar-refractivity contribution is 6.00. The monoisotopic (exact) mass is 485 g/mol. The fourth-order valence-corrected chi connectivity index (χ4v) is 3.51. The molecule has 190 valence electrons. The summed E-state index contributed by atoms with van der Waals surface area (Å²) in [6.45, 7) is 10.8. The third-order valence-electron chi connectivity index (χ3n) is 5.89. The van der Waals surface area contributed by atoms with Crippen LogP contribution in [0.3, 0.4) is 0 Å². The van der Waals surface area contributed by atoms with Crippen molar-refractivity contribution in [3.05, 3.63) is 47.3 Å². The van der Waals surface area contributed by atoms with Gasteiger partial charge < -0.3 is 18.9 Å². The number of rotatable bonds is 11. The Kier molecular flexibility index (Phi) is 9.80. The smallest absolute Gasteiger partial charge is 0.313 e. The zero-order valence-electron chi connectivity index (χ0n) is 21.7. The first-order valence-corrected chi connectivity index (χ1v) is 11.6. The summed E-state index contributed by atoms with van der Waals surface area (Å²) in [6, 6.07) is 7.28. The fraction of sp³-hybridized carbons (Fsp3) is 0.481. The number of aryl methyl sites for hydroxylation is 1. The molecular weight excluding hydrogens is 450 g/mol. The molecule has 2 rings (SSSR count). The van der Waals surface area contributed by atoms with Crippen LogP contribution in [0, 0.1) is 18.8 Å². The number of Topliss-reactive ketones (excluding diaryl/α,β-unsaturated/α-hetero) is 1. The molecular formula is C27H35NO7. The maximum absolute atomic E-state index is 13.0. The van der Waals surface area contributed by atoms with Crippen LogP contribution in [0.1, 0.15) is 68.6 Å². The molecule has 0 saturated heterocycles. The molecule has 0 bridgehead atoms. The number of hydrogen-bond acceptors (Lipinski definition) is 8. The first-order chi connectivity index (χ1) is 16.5. The van der Waals surface area contributed by atoms with Crippen molar-refractivity contribution in [2.24, 2.45) is 11.8 Å². The molecule has 0 aliphatic heterocycles. The Morgan fingerprint density at radius 3 is 2.20 bits per heavy atom. The first kappa shape index (κ1) is 27.8. The summed E-state index contributed by atoms with van der Waals surface area (Å²) in [7, 11) is 3.02. The number of ketones is 1. The lowest BCUT2D eigenvalue weighted by atomic mass is 9.92. The normalized spacial score (nSPS) is 13.5. The second-order valence-corrected chi connectivity index (χ2v) is 8.95. The second-order valence-electron chi connectivity index (χ2n) is 8.95. The van der Waals surface area contributed by atoms with Crippen LogP contribution in [0.2, 0.25) is 0 Å². The van der Waals surface area contributed by atoms with Gasteiger partial charge in [-0.2, -0.15) is 0 Å². The molecule has 0 radical (unpaired) electrons. The molecule has 1 heterocycles. The van der Waals surface area contributed by atoms with Gasteiger partial charge in [-0.15, -0.1) is 0 Å². The molecule has 8 nitrogen and oxygen atoms in total. The molecule has 0 saturated carbocycles. The summed E-state index contributed by atoms with van der Waals surface area (Å²) < 4.78 is 21.6. The predicted molar refractivity (Wildman–Crippen MR) is 131 cm³/mol. The molecule has 0 aliphatic carbocycles. The molecule has 0 N–H and O–H groups in total. The predicted octanol–water partition coefficient (Wildman–Crippen LogP) is 4.91. The van der Waals surface area contributed by atoms with E-state index < -0.39 is 35.7 Å². The van der Waals surface area contributed by atoms with E-state index in [2.05, 4.69) is 4.98 Å². The van der Waals surface area contributed by atoms with Crippen molar-refractivity contribution in [1.29, 1.82) is 0 Å². The maximum atomic E-state index is 13.0. The Morgan fingerprint density at radius 1 is 0.943 bits per heavy atom. The van der Waals surface area contributed by atoms with Gasteiger partial charge in [-0.1, -0.05) is 33.8 Å². The molecule has 3 atom stereocenters. The number of methoxy groups -OCH3 is 2. The van der Waals surface area contributed by atoms with Crippen molar-refractivity contribution in [3.8, 4) is 17.2 Å². The van der Waals surface area contributed by atoms with Gasteiger partial charge in [-0.05, 0) is 37.1 Å². The van der Waals surface area contributed by atoms with Crippen LogP contribution in [0.4, 0.5) is 0 Å². The number of ether oxygens (including phenoxy) is 4. The summed E-state index contributed by atoms with van der Waals surface area (Å²) in [6.07, 6.45) is 0.820. The van der Waals surface area contributed by atoms with E-state index in [0.717, 1.165) is 16.9 Å². The molecule has 2 aromatic rings. The Hall–Kier alpha value is -3.42. The van der Waals surface area contributed by atoms with Gasteiger partial charge in [0.1, 0.15) is 11.9 Å². The Bertz CT molecular complexity index is 1060. The number of hydrogen-bond donors (Lipinski definition) is 0. The lowest BCUT2D eigenvalue weighted by molar-refractivity contribution is -0.153. The largest absolute Gasteiger partial charge is 0.497 e. The van der Waals surface area contributed by atoms with E-state index in [1.807, 2.05) is 39.0 Å². The molecule has 0 unspecified atom stereocenters. The van der Waals surface area contributed by atoms with Crippen molar-refractivity contribution in [1.82, 2.24) is 4.98 Å². The van der Waals surface area contributed by atoms with Gasteiger partial charge >= 0.3 is 11.9 Å². The third kappa shape index (κ3) is 7.04. The number of nitrogens with zero attached hydrogens (tertiary/aromatic N) is 1. The average Bonchev–Trinajstić information content (AvgIpc) is 2.83. The van der Waals surface area contributed by atoms with Crippen molar-refractivity contribution < 1.29 is 33.3 Å². The summed E-state index contributed by atoms with van der Waals surface area (Å²) in [5.41, 5.74) is 2.02. The number of aromatic nitrogens is 1. The van der Waals surface area contributed by atoms with Crippen LogP contribution in [-0.2, 0) is 14.3 Å². The third-order valence-corrected chi connectivity index (χ3v) is 5.89. The number of benzene rings is 1. The van der Waals surface area contributed by atoms with Crippen molar-refractivity contribution >= 4 is 17.7 Å². The molecule has 8 heteroatoms. The van der Waals surface area contributed by atoms with Gasteiger partial charge in [0.15, 0.2) is 17.2 Å². The minimum absolute atomic E-state index is 0.0451. The summed E-state index contributed by atoms with van der Waals surface area (Å²) in [5.74, 6) is -1.73. The number of pyridine rings is 1. The highest BCUT2D eigenvalue weighted by Gasteiger charge is 2.28. The Labute approximate surface area is 206 Å². The molecule has 1 aromatic heterocycles. The highest BCUT2D eigenvalue weighted by Crippen LogP contribution is 2.32. The van der Waals surface area contributed by atoms with E-state index in [0.29, 0.717) is 0 Å². The van der Waals surface area contributed by atoms with Crippen molar-refractivity contribution in [3.63, 3.8) is 0 Å². The Balaban J connectivity index is 2.11. The summed E-state index contributed by atoms with van der Waals surface area (Å²) in [5, 5.41) is 0. The minimum atomic E-state index is -0.726. The second kappa shape index (κ2) is 12.3. The van der Waals surface area contributed by atoms with Gasteiger partial charge in [-0.25, -0.2) is 4.98 Å². The number of esters is 2. The van der Waals surface area contributed by atoms with Crippen molar-refractivity contribution in [2.75, 3.05) is 14.2 Å². The van der Waals surface area contributed by atoms with E-state index in [1.165, 1.54) is 19.4 Å². The molecule has 0 amide bonds. The van der Waals surface area contributed by atoms with Gasteiger partial charge in [0.25, 0.3) is 0 Å². The van der Waals surface area contributed by atoms with Crippen LogP contribution in [0.5, 0.6) is 17.2 Å². The standard InChI is InChI=1S/C27H35NO7/c1-15(2)26(30)35-25-23(33-8)11-12-28-24(25)22(29)14-17(4)27(31)34-19(6)18(5)21-10-9-20(32-7)13-16(21)3/h9-13,15,17-19H,14H2,1-8H3/t17-,18-,19+/m1/s1. The van der Waals surface area contributed by atoms with Gasteiger partial charge in [-0.3, -0.25) is 14.4 Å². The quantitative estimate of drug-likeness (QED) is 0.327. The molecule has 1 aromatic carbocycles. The lowest BCUT2D eigenvalue weighted by Crippen LogP contribution is -2.26. The van der Waals surface area contributed by atoms with E-state index in [4.69, 9.17) is 18.9 Å². The zero-order valence-corrected chi connectivity index (χ0v) is 21.7. The van der Waals surface area contributed by atoms with E-state index in [1.54, 1.807) is 27.9 Å². The van der Waals surface area contributed by atoms with Gasteiger partial charge in [0, 0.05) is 24.6 Å². The Morgan fingerprint density at radius 2 is 1.63 bits per heavy atom. The first-order valence-electron chi connectivity index (χ1n) is 11.6.